The van der Waals surface area contributed by atoms with Crippen molar-refractivity contribution in [1.82, 2.24) is 25.2 Å². The Hall–Kier alpha value is -2.46. The largest absolute Gasteiger partial charge is 0.472 e. The molecule has 9 nitrogen and oxygen atoms in total. The van der Waals surface area contributed by atoms with E-state index in [0.29, 0.717) is 13.0 Å². The van der Waals surface area contributed by atoms with Gasteiger partial charge in [0.05, 0.1) is 18.4 Å². The van der Waals surface area contributed by atoms with Crippen molar-refractivity contribution >= 4 is 28.6 Å². The van der Waals surface area contributed by atoms with E-state index in [9.17, 15) is 19.1 Å². The molecule has 1 amide bonds. The molecule has 4 rings (SSSR count). The van der Waals surface area contributed by atoms with E-state index in [0.717, 1.165) is 12.7 Å². The molecule has 0 spiro atoms. The molecular formula is C16H17ClFN5O4. The van der Waals surface area contributed by atoms with Gasteiger partial charge in [0.2, 0.25) is 5.88 Å². The zero-order valence-electron chi connectivity index (χ0n) is 14.3. The fourth-order valence-corrected chi connectivity index (χ4v) is 4.21. The normalized spacial score (nSPS) is 25.6. The Balaban J connectivity index is 1.68. The number of piperazine rings is 1. The first-order valence-electron chi connectivity index (χ1n) is 8.52. The van der Waals surface area contributed by atoms with E-state index < -0.39 is 28.7 Å². The first kappa shape index (κ1) is 17.9. The highest BCUT2D eigenvalue weighted by Crippen LogP contribution is 2.33. The molecule has 2 fully saturated rings. The van der Waals surface area contributed by atoms with Gasteiger partial charge < -0.3 is 20.1 Å². The predicted octanol–water partition coefficient (Wildman–Crippen LogP) is 1.36. The number of aromatic nitrogens is 3. The highest BCUT2D eigenvalue weighted by atomic mass is 35.5. The zero-order chi connectivity index (χ0) is 19.3. The van der Waals surface area contributed by atoms with Crippen LogP contribution in [0.2, 0.25) is 5.15 Å². The number of carbonyl (C=O) groups is 1. The minimum atomic E-state index is -0.963. The van der Waals surface area contributed by atoms with E-state index in [1.807, 2.05) is 0 Å². The van der Waals surface area contributed by atoms with Gasteiger partial charge in [-0.1, -0.05) is 11.6 Å². The predicted molar refractivity (Wildman–Crippen MR) is 93.7 cm³/mol. The van der Waals surface area contributed by atoms with Crippen LogP contribution >= 0.6 is 11.6 Å². The van der Waals surface area contributed by atoms with Gasteiger partial charge in [-0.15, -0.1) is 0 Å². The number of aromatic amines is 1. The van der Waals surface area contributed by atoms with Crippen molar-refractivity contribution in [2.45, 2.75) is 44.0 Å². The van der Waals surface area contributed by atoms with Gasteiger partial charge >= 0.3 is 6.09 Å². The Morgan fingerprint density at radius 1 is 1.52 bits per heavy atom. The number of fused-ring (bicyclic) bond motifs is 3. The number of carboxylic acid groups (broad SMARTS) is 1. The molecule has 2 aliphatic rings. The van der Waals surface area contributed by atoms with Gasteiger partial charge in [0.1, 0.15) is 17.0 Å². The Labute approximate surface area is 157 Å². The van der Waals surface area contributed by atoms with Gasteiger partial charge in [-0.25, -0.2) is 14.2 Å². The summed E-state index contributed by atoms with van der Waals surface area (Å²) < 4.78 is 20.0. The van der Waals surface area contributed by atoms with Crippen molar-refractivity contribution < 1.29 is 19.0 Å². The SMILES string of the molecule is C[C@H](Oc1nc(Cl)c(F)c2nc[nH]c(=O)c12)[C@H]1NC[C@@H]2CC[C@H]1N2C(=O)O. The summed E-state index contributed by atoms with van der Waals surface area (Å²) >= 11 is 5.82. The fraction of sp³-hybridized carbons (Fsp3) is 0.500. The summed E-state index contributed by atoms with van der Waals surface area (Å²) in [5, 5.41) is 12.2. The topological polar surface area (TPSA) is 120 Å². The highest BCUT2D eigenvalue weighted by molar-refractivity contribution is 6.30. The van der Waals surface area contributed by atoms with Crippen LogP contribution in [0.1, 0.15) is 19.8 Å². The van der Waals surface area contributed by atoms with Crippen LogP contribution in [0.15, 0.2) is 11.1 Å². The van der Waals surface area contributed by atoms with Gasteiger partial charge in [-0.2, -0.15) is 4.98 Å². The smallest absolute Gasteiger partial charge is 0.407 e. The molecule has 11 heteroatoms. The third-order valence-corrected chi connectivity index (χ3v) is 5.48. The quantitative estimate of drug-likeness (QED) is 0.669. The average molecular weight is 398 g/mol. The molecule has 4 atom stereocenters. The Bertz CT molecular complexity index is 970. The number of rotatable bonds is 3. The number of pyridine rings is 1. The average Bonchev–Trinajstić information content (AvgIpc) is 2.93. The van der Waals surface area contributed by atoms with Gasteiger partial charge in [0.15, 0.2) is 11.0 Å². The van der Waals surface area contributed by atoms with Crippen LogP contribution < -0.4 is 15.6 Å². The number of halogens is 2. The molecule has 0 aliphatic carbocycles. The highest BCUT2D eigenvalue weighted by Gasteiger charge is 2.47. The van der Waals surface area contributed by atoms with E-state index in [-0.39, 0.29) is 34.9 Å². The van der Waals surface area contributed by atoms with Gasteiger partial charge in [-0.05, 0) is 19.8 Å². The summed E-state index contributed by atoms with van der Waals surface area (Å²) in [6, 6.07) is -0.617. The maximum Gasteiger partial charge on any atom is 0.407 e. The summed E-state index contributed by atoms with van der Waals surface area (Å²) in [7, 11) is 0. The Morgan fingerprint density at radius 3 is 3.04 bits per heavy atom. The minimum Gasteiger partial charge on any atom is -0.472 e. The molecule has 2 bridgehead atoms. The number of nitrogens with one attached hydrogen (secondary N) is 2. The first-order valence-corrected chi connectivity index (χ1v) is 8.90. The lowest BCUT2D eigenvalue weighted by Crippen LogP contribution is -2.63. The zero-order valence-corrected chi connectivity index (χ0v) is 15.0. The lowest BCUT2D eigenvalue weighted by molar-refractivity contribution is 0.0543. The second-order valence-corrected chi connectivity index (χ2v) is 7.08. The summed E-state index contributed by atoms with van der Waals surface area (Å²) in [4.78, 5) is 35.2. The molecule has 2 aliphatic heterocycles. The van der Waals surface area contributed by atoms with Crippen LogP contribution in [0.3, 0.4) is 0 Å². The first-order chi connectivity index (χ1) is 12.9. The van der Waals surface area contributed by atoms with Crippen LogP contribution in [0.25, 0.3) is 10.9 Å². The van der Waals surface area contributed by atoms with Crippen molar-refractivity contribution in [2.24, 2.45) is 0 Å². The minimum absolute atomic E-state index is 0.0535. The Kier molecular flexibility index (Phi) is 4.39. The molecule has 27 heavy (non-hydrogen) atoms. The van der Waals surface area contributed by atoms with E-state index in [2.05, 4.69) is 20.3 Å². The third kappa shape index (κ3) is 2.88. The fourth-order valence-electron chi connectivity index (χ4n) is 4.04. The van der Waals surface area contributed by atoms with Crippen LogP contribution in [0, 0.1) is 5.82 Å². The van der Waals surface area contributed by atoms with E-state index >= 15 is 0 Å². The number of hydrogen-bond donors (Lipinski definition) is 3. The van der Waals surface area contributed by atoms with Crippen molar-refractivity contribution in [1.29, 1.82) is 0 Å². The van der Waals surface area contributed by atoms with E-state index in [1.54, 1.807) is 6.92 Å². The third-order valence-electron chi connectivity index (χ3n) is 5.23. The summed E-state index contributed by atoms with van der Waals surface area (Å²) in [6.07, 6.45) is 1.05. The monoisotopic (exact) mass is 397 g/mol. The van der Waals surface area contributed by atoms with Gasteiger partial charge in [-0.3, -0.25) is 9.69 Å². The molecule has 0 radical (unpaired) electrons. The second-order valence-electron chi connectivity index (χ2n) is 6.72. The summed E-state index contributed by atoms with van der Waals surface area (Å²) in [6.45, 7) is 2.26. The molecule has 3 N–H and O–H groups in total. The van der Waals surface area contributed by atoms with Crippen LogP contribution in [-0.4, -0.2) is 61.8 Å². The van der Waals surface area contributed by atoms with Crippen molar-refractivity contribution in [3.63, 3.8) is 0 Å². The van der Waals surface area contributed by atoms with Crippen molar-refractivity contribution in [3.05, 3.63) is 27.7 Å². The molecule has 0 unspecified atom stereocenters. The second kappa shape index (κ2) is 6.61. The molecule has 2 aromatic heterocycles. The molecule has 4 heterocycles. The molecular weight excluding hydrogens is 381 g/mol. The van der Waals surface area contributed by atoms with Gasteiger partial charge in [0, 0.05) is 12.6 Å². The Morgan fingerprint density at radius 2 is 2.30 bits per heavy atom. The molecule has 0 saturated carbocycles. The summed E-state index contributed by atoms with van der Waals surface area (Å²) in [5.74, 6) is -1.04. The number of amides is 1. The maximum absolute atomic E-state index is 14.2. The molecule has 2 saturated heterocycles. The van der Waals surface area contributed by atoms with Crippen LogP contribution in [0.4, 0.5) is 9.18 Å². The van der Waals surface area contributed by atoms with Crippen molar-refractivity contribution in [3.8, 4) is 5.88 Å². The van der Waals surface area contributed by atoms with Gasteiger partial charge in [0.25, 0.3) is 5.56 Å². The standard InChI is InChI=1S/C16H17ClFN5O4/c1-6(11-8-3-2-7(4-19-11)23(8)16(25)26)27-15-9-12(10(18)13(17)22-15)20-5-21-14(9)24/h5-8,11,19H,2-4H2,1H3,(H,25,26)(H,20,21,24)/t6-,7-,8+,11+/m0/s1. The molecule has 144 valence electrons. The molecule has 2 aromatic rings. The molecule has 0 aromatic carbocycles. The number of hydrogen-bond acceptors (Lipinski definition) is 6. The maximum atomic E-state index is 14.2. The van der Waals surface area contributed by atoms with E-state index in [4.69, 9.17) is 16.3 Å². The van der Waals surface area contributed by atoms with Crippen LogP contribution in [-0.2, 0) is 0 Å². The number of nitrogens with zero attached hydrogens (tertiary/aromatic N) is 3. The van der Waals surface area contributed by atoms with Crippen LogP contribution in [0.5, 0.6) is 5.88 Å². The number of H-pyrrole nitrogens is 1. The van der Waals surface area contributed by atoms with E-state index in [1.165, 1.54) is 4.90 Å². The lowest BCUT2D eigenvalue weighted by atomic mass is 10.0. The lowest BCUT2D eigenvalue weighted by Gasteiger charge is -2.41. The summed E-state index contributed by atoms with van der Waals surface area (Å²) in [5.41, 5.74) is -0.833. The van der Waals surface area contributed by atoms with Crippen molar-refractivity contribution in [2.75, 3.05) is 6.54 Å². The number of ether oxygens (including phenoxy) is 1.